The summed E-state index contributed by atoms with van der Waals surface area (Å²) < 4.78 is 9.92. The number of benzene rings is 2. The summed E-state index contributed by atoms with van der Waals surface area (Å²) in [6.45, 7) is 0.0984. The van der Waals surface area contributed by atoms with Crippen molar-refractivity contribution >= 4 is 0 Å². The van der Waals surface area contributed by atoms with E-state index >= 15 is 0 Å². The number of rotatable bonds is 4. The quantitative estimate of drug-likeness (QED) is 0.900. The highest BCUT2D eigenvalue weighted by Crippen LogP contribution is 2.16. The molecule has 4 nitrogen and oxygen atoms in total. The first-order valence-electron chi connectivity index (χ1n) is 6.21. The van der Waals surface area contributed by atoms with E-state index in [9.17, 15) is 0 Å². The van der Waals surface area contributed by atoms with Crippen LogP contribution in [0.1, 0.15) is 11.1 Å². The number of hydrogen-bond acceptors (Lipinski definition) is 4. The fourth-order valence-electron chi connectivity index (χ4n) is 1.60. The molecule has 0 saturated carbocycles. The molecule has 0 unspecified atom stereocenters. The fraction of sp³-hybridized carbons (Fsp3) is 0.250. The largest absolute Gasteiger partial charge is 0.497 e. The lowest BCUT2D eigenvalue weighted by Crippen LogP contribution is -1.89. The average molecular weight is 276 g/mol. The van der Waals surface area contributed by atoms with Gasteiger partial charge in [-0.15, -0.1) is 0 Å². The minimum absolute atomic E-state index is 0.0318. The van der Waals surface area contributed by atoms with Gasteiger partial charge >= 0.3 is 0 Å². The van der Waals surface area contributed by atoms with E-state index in [-0.39, 0.29) is 13.2 Å². The summed E-state index contributed by atoms with van der Waals surface area (Å²) in [6, 6.07) is 14.8. The van der Waals surface area contributed by atoms with E-state index < -0.39 is 0 Å². The molecule has 20 heavy (non-hydrogen) atoms. The number of hydrogen-bond donors (Lipinski definition) is 2. The second-order valence-corrected chi connectivity index (χ2v) is 3.98. The van der Waals surface area contributed by atoms with E-state index in [0.717, 1.165) is 22.6 Å². The standard InChI is InChI=1S/2C8H10O2/c1-10-8-4-2-3-7(5-8)6-9;1-10-8-5-3-2-4-7(8)6-9/h2*2-5,9H,6H2,1H3. The van der Waals surface area contributed by atoms with Gasteiger partial charge in [0.2, 0.25) is 0 Å². The van der Waals surface area contributed by atoms with Gasteiger partial charge in [-0.1, -0.05) is 30.3 Å². The lowest BCUT2D eigenvalue weighted by molar-refractivity contribution is 0.274. The highest BCUT2D eigenvalue weighted by Gasteiger charge is 1.96. The molecule has 0 amide bonds. The van der Waals surface area contributed by atoms with Gasteiger partial charge in [-0.2, -0.15) is 0 Å². The number of aliphatic hydroxyl groups is 2. The summed E-state index contributed by atoms with van der Waals surface area (Å²) >= 11 is 0. The zero-order chi connectivity index (χ0) is 14.8. The van der Waals surface area contributed by atoms with Crippen LogP contribution in [0.25, 0.3) is 0 Å². The van der Waals surface area contributed by atoms with Gasteiger partial charge in [0.05, 0.1) is 27.4 Å². The molecule has 0 aliphatic carbocycles. The van der Waals surface area contributed by atoms with E-state index in [4.69, 9.17) is 19.7 Å². The maximum atomic E-state index is 8.77. The minimum Gasteiger partial charge on any atom is -0.497 e. The van der Waals surface area contributed by atoms with Crippen LogP contribution in [-0.4, -0.2) is 24.4 Å². The highest BCUT2D eigenvalue weighted by molar-refractivity contribution is 5.32. The van der Waals surface area contributed by atoms with Crippen molar-refractivity contribution < 1.29 is 19.7 Å². The number of ether oxygens (including phenoxy) is 2. The molecule has 2 N–H and O–H groups in total. The van der Waals surface area contributed by atoms with Crippen LogP contribution in [0.3, 0.4) is 0 Å². The first kappa shape index (κ1) is 16.0. The summed E-state index contributed by atoms with van der Waals surface area (Å²) in [6.07, 6.45) is 0. The Morgan fingerprint density at radius 3 is 2.15 bits per heavy atom. The second kappa shape index (κ2) is 8.96. The Labute approximate surface area is 119 Å². The molecule has 2 rings (SSSR count). The van der Waals surface area contributed by atoms with Crippen LogP contribution in [0.2, 0.25) is 0 Å². The van der Waals surface area contributed by atoms with Gasteiger partial charge in [0.1, 0.15) is 11.5 Å². The molecule has 0 heterocycles. The summed E-state index contributed by atoms with van der Waals surface area (Å²) in [7, 11) is 3.20. The third-order valence-corrected chi connectivity index (χ3v) is 2.68. The van der Waals surface area contributed by atoms with Crippen molar-refractivity contribution in [1.29, 1.82) is 0 Å². The van der Waals surface area contributed by atoms with Crippen molar-refractivity contribution in [3.63, 3.8) is 0 Å². The van der Waals surface area contributed by atoms with Crippen LogP contribution in [0.15, 0.2) is 48.5 Å². The maximum absolute atomic E-state index is 8.77. The zero-order valence-electron chi connectivity index (χ0n) is 11.7. The van der Waals surface area contributed by atoms with Gasteiger partial charge in [0, 0.05) is 5.56 Å². The SMILES string of the molecule is COc1cccc(CO)c1.COc1ccccc1CO. The molecule has 2 aromatic rings. The Hall–Kier alpha value is -2.04. The first-order valence-corrected chi connectivity index (χ1v) is 6.21. The van der Waals surface area contributed by atoms with Crippen LogP contribution >= 0.6 is 0 Å². The van der Waals surface area contributed by atoms with Crippen molar-refractivity contribution in [2.75, 3.05) is 14.2 Å². The van der Waals surface area contributed by atoms with E-state index in [1.54, 1.807) is 20.3 Å². The zero-order valence-corrected chi connectivity index (χ0v) is 11.7. The van der Waals surface area contributed by atoms with Crippen LogP contribution in [0, 0.1) is 0 Å². The minimum atomic E-state index is 0.0318. The predicted molar refractivity (Wildman–Crippen MR) is 77.8 cm³/mol. The Morgan fingerprint density at radius 2 is 1.60 bits per heavy atom. The van der Waals surface area contributed by atoms with E-state index in [2.05, 4.69) is 0 Å². The summed E-state index contributed by atoms with van der Waals surface area (Å²) in [5.74, 6) is 1.52. The van der Waals surface area contributed by atoms with Crippen molar-refractivity contribution in [2.24, 2.45) is 0 Å². The number of methoxy groups -OCH3 is 2. The molecule has 2 aromatic carbocycles. The van der Waals surface area contributed by atoms with Crippen molar-refractivity contribution in [3.05, 3.63) is 59.7 Å². The van der Waals surface area contributed by atoms with Crippen LogP contribution in [-0.2, 0) is 13.2 Å². The lowest BCUT2D eigenvalue weighted by Gasteiger charge is -2.03. The average Bonchev–Trinajstić information content (AvgIpc) is 2.55. The molecule has 0 spiro atoms. The van der Waals surface area contributed by atoms with Gasteiger partial charge in [0.15, 0.2) is 0 Å². The van der Waals surface area contributed by atoms with Crippen molar-refractivity contribution in [3.8, 4) is 11.5 Å². The first-order chi connectivity index (χ1) is 9.74. The fourth-order valence-corrected chi connectivity index (χ4v) is 1.60. The van der Waals surface area contributed by atoms with Gasteiger partial charge in [-0.05, 0) is 23.8 Å². The molecule has 0 aliphatic rings. The van der Waals surface area contributed by atoms with Crippen molar-refractivity contribution in [2.45, 2.75) is 13.2 Å². The molecule has 0 fully saturated rings. The lowest BCUT2D eigenvalue weighted by atomic mass is 10.2. The third kappa shape index (κ3) is 4.91. The monoisotopic (exact) mass is 276 g/mol. The van der Waals surface area contributed by atoms with Crippen LogP contribution in [0.4, 0.5) is 0 Å². The molecule has 4 heteroatoms. The molecule has 0 saturated heterocycles. The Kier molecular flexibility index (Phi) is 7.17. The summed E-state index contributed by atoms with van der Waals surface area (Å²) in [5, 5.41) is 17.5. The number of aliphatic hydroxyl groups excluding tert-OH is 2. The molecule has 0 aromatic heterocycles. The van der Waals surface area contributed by atoms with Gasteiger partial charge < -0.3 is 19.7 Å². The maximum Gasteiger partial charge on any atom is 0.124 e. The summed E-state index contributed by atoms with van der Waals surface area (Å²) in [4.78, 5) is 0. The highest BCUT2D eigenvalue weighted by atomic mass is 16.5. The number of para-hydroxylation sites is 1. The van der Waals surface area contributed by atoms with Gasteiger partial charge in [-0.3, -0.25) is 0 Å². The molecular weight excluding hydrogens is 256 g/mol. The Bertz CT molecular complexity index is 469. The molecule has 0 aliphatic heterocycles. The topological polar surface area (TPSA) is 58.9 Å². The predicted octanol–water partition coefficient (Wildman–Crippen LogP) is 2.38. The van der Waals surface area contributed by atoms with E-state index in [1.807, 2.05) is 42.5 Å². The summed E-state index contributed by atoms with van der Waals surface area (Å²) in [5.41, 5.74) is 1.70. The molecule has 0 radical (unpaired) electrons. The molecule has 108 valence electrons. The molecule has 0 atom stereocenters. The van der Waals surface area contributed by atoms with Crippen molar-refractivity contribution in [1.82, 2.24) is 0 Å². The van der Waals surface area contributed by atoms with E-state index in [0.29, 0.717) is 0 Å². The van der Waals surface area contributed by atoms with Gasteiger partial charge in [-0.25, -0.2) is 0 Å². The van der Waals surface area contributed by atoms with Gasteiger partial charge in [0.25, 0.3) is 0 Å². The second-order valence-electron chi connectivity index (χ2n) is 3.98. The smallest absolute Gasteiger partial charge is 0.124 e. The molecular formula is C16H20O4. The van der Waals surface area contributed by atoms with Crippen LogP contribution in [0.5, 0.6) is 11.5 Å². The Morgan fingerprint density at radius 1 is 0.850 bits per heavy atom. The molecule has 0 bridgehead atoms. The Balaban J connectivity index is 0.000000200. The normalized spacial score (nSPS) is 9.40. The van der Waals surface area contributed by atoms with E-state index in [1.165, 1.54) is 0 Å². The third-order valence-electron chi connectivity index (χ3n) is 2.68. The van der Waals surface area contributed by atoms with Crippen LogP contribution < -0.4 is 9.47 Å².